The van der Waals surface area contributed by atoms with Gasteiger partial charge in [0.05, 0.1) is 11.8 Å². The highest BCUT2D eigenvalue weighted by Crippen LogP contribution is 2.25. The summed E-state index contributed by atoms with van der Waals surface area (Å²) in [5, 5.41) is 8.94. The van der Waals surface area contributed by atoms with Gasteiger partial charge in [0.25, 0.3) is 0 Å². The molecule has 0 aliphatic carbocycles. The number of anilines is 2. The highest BCUT2D eigenvalue weighted by atomic mass is 16.5. The molecule has 1 fully saturated rings. The van der Waals surface area contributed by atoms with Crippen molar-refractivity contribution < 1.29 is 14.6 Å². The Hall–Kier alpha value is -1.82. The summed E-state index contributed by atoms with van der Waals surface area (Å²) in [6.45, 7) is 1.55. The third kappa shape index (κ3) is 2.53. The maximum Gasteiger partial charge on any atom is 0.354 e. The quantitative estimate of drug-likeness (QED) is 0.832. The van der Waals surface area contributed by atoms with Crippen LogP contribution in [0, 0.1) is 0 Å². The van der Waals surface area contributed by atoms with Gasteiger partial charge >= 0.3 is 5.97 Å². The van der Waals surface area contributed by atoms with Gasteiger partial charge in [0, 0.05) is 20.2 Å². The molecule has 1 aliphatic heterocycles. The van der Waals surface area contributed by atoms with E-state index in [1.165, 1.54) is 6.07 Å². The minimum atomic E-state index is -1.04. The maximum atomic E-state index is 10.9. The lowest BCUT2D eigenvalue weighted by molar-refractivity contribution is 0.0690. The van der Waals surface area contributed by atoms with E-state index in [4.69, 9.17) is 15.6 Å². The Labute approximate surface area is 105 Å². The minimum Gasteiger partial charge on any atom is -0.477 e. The topological polar surface area (TPSA) is 88.7 Å². The van der Waals surface area contributed by atoms with E-state index < -0.39 is 5.97 Å². The minimum absolute atomic E-state index is 0.0214. The fourth-order valence-corrected chi connectivity index (χ4v) is 2.13. The number of ether oxygens (including phenoxy) is 1. The van der Waals surface area contributed by atoms with Crippen molar-refractivity contribution in [3.63, 3.8) is 0 Å². The number of aromatic nitrogens is 1. The van der Waals surface area contributed by atoms with Crippen LogP contribution in [0.15, 0.2) is 12.1 Å². The average Bonchev–Trinajstić information content (AvgIpc) is 2.39. The molecule has 2 rings (SSSR count). The normalized spacial score (nSPS) is 16.8. The Balaban J connectivity index is 2.18. The first kappa shape index (κ1) is 12.6. The first-order valence-electron chi connectivity index (χ1n) is 5.89. The monoisotopic (exact) mass is 251 g/mol. The lowest BCUT2D eigenvalue weighted by Gasteiger charge is -2.32. The number of aromatic carboxylic acids is 1. The molecule has 3 N–H and O–H groups in total. The van der Waals surface area contributed by atoms with Gasteiger partial charge in [-0.25, -0.2) is 9.78 Å². The summed E-state index contributed by atoms with van der Waals surface area (Å²) >= 11 is 0. The molecule has 6 nitrogen and oxygen atoms in total. The van der Waals surface area contributed by atoms with E-state index in [-0.39, 0.29) is 11.8 Å². The van der Waals surface area contributed by atoms with Crippen molar-refractivity contribution >= 4 is 17.5 Å². The fourth-order valence-electron chi connectivity index (χ4n) is 2.13. The number of carbonyl (C=O) groups is 1. The van der Waals surface area contributed by atoms with Crippen LogP contribution < -0.4 is 10.6 Å². The van der Waals surface area contributed by atoms with Gasteiger partial charge in [0.2, 0.25) is 0 Å². The predicted octanol–water partition coefficient (Wildman–Crippen LogP) is 0.977. The number of nitrogens with two attached hydrogens (primary N) is 1. The highest BCUT2D eigenvalue weighted by molar-refractivity contribution is 5.87. The van der Waals surface area contributed by atoms with Crippen molar-refractivity contribution in [2.45, 2.75) is 18.9 Å². The van der Waals surface area contributed by atoms with Gasteiger partial charge in [0.15, 0.2) is 11.5 Å². The second-order valence-corrected chi connectivity index (χ2v) is 4.34. The number of pyridine rings is 1. The molecule has 18 heavy (non-hydrogen) atoms. The number of methoxy groups -OCH3 is 1. The Morgan fingerprint density at radius 1 is 1.50 bits per heavy atom. The number of hydrogen-bond donors (Lipinski definition) is 2. The number of nitrogens with zero attached hydrogens (tertiary/aromatic N) is 2. The van der Waals surface area contributed by atoms with Crippen LogP contribution in [-0.2, 0) is 4.74 Å². The number of piperidine rings is 1. The molecule has 2 heterocycles. The van der Waals surface area contributed by atoms with Gasteiger partial charge in [-0.2, -0.15) is 0 Å². The van der Waals surface area contributed by atoms with E-state index in [0.717, 1.165) is 25.9 Å². The molecule has 0 aromatic carbocycles. The van der Waals surface area contributed by atoms with Crippen LogP contribution in [0.3, 0.4) is 0 Å². The van der Waals surface area contributed by atoms with Crippen molar-refractivity contribution in [2.24, 2.45) is 0 Å². The molecular weight excluding hydrogens is 234 g/mol. The maximum absolute atomic E-state index is 10.9. The lowest BCUT2D eigenvalue weighted by atomic mass is 10.1. The first-order chi connectivity index (χ1) is 8.61. The van der Waals surface area contributed by atoms with Crippen LogP contribution in [0.4, 0.5) is 11.5 Å². The van der Waals surface area contributed by atoms with Crippen LogP contribution in [0.25, 0.3) is 0 Å². The zero-order valence-corrected chi connectivity index (χ0v) is 10.3. The van der Waals surface area contributed by atoms with E-state index in [9.17, 15) is 4.79 Å². The molecule has 6 heteroatoms. The fraction of sp³-hybridized carbons (Fsp3) is 0.500. The summed E-state index contributed by atoms with van der Waals surface area (Å²) in [7, 11) is 1.71. The van der Waals surface area contributed by atoms with Gasteiger partial charge < -0.3 is 20.5 Å². The first-order valence-corrected chi connectivity index (χ1v) is 5.89. The van der Waals surface area contributed by atoms with Crippen molar-refractivity contribution in [3.05, 3.63) is 17.8 Å². The van der Waals surface area contributed by atoms with Crippen molar-refractivity contribution in [2.75, 3.05) is 30.8 Å². The van der Waals surface area contributed by atoms with E-state index in [0.29, 0.717) is 11.5 Å². The molecular formula is C12H17N3O3. The van der Waals surface area contributed by atoms with E-state index in [1.807, 2.05) is 4.90 Å². The molecule has 1 aromatic heterocycles. The Kier molecular flexibility index (Phi) is 3.66. The number of hydrogen-bond acceptors (Lipinski definition) is 5. The zero-order valence-electron chi connectivity index (χ0n) is 10.3. The van der Waals surface area contributed by atoms with Crippen LogP contribution in [0.2, 0.25) is 0 Å². The molecule has 0 amide bonds. The van der Waals surface area contributed by atoms with Gasteiger partial charge in [-0.1, -0.05) is 0 Å². The van der Waals surface area contributed by atoms with E-state index >= 15 is 0 Å². The number of nitrogen functional groups attached to an aromatic ring is 1. The average molecular weight is 251 g/mol. The van der Waals surface area contributed by atoms with Gasteiger partial charge in [-0.15, -0.1) is 0 Å². The van der Waals surface area contributed by atoms with Gasteiger partial charge in [-0.3, -0.25) is 0 Å². The molecule has 1 aromatic rings. The third-order valence-corrected chi connectivity index (χ3v) is 3.20. The third-order valence-electron chi connectivity index (χ3n) is 3.20. The largest absolute Gasteiger partial charge is 0.477 e. The van der Waals surface area contributed by atoms with Crippen molar-refractivity contribution in [1.29, 1.82) is 0 Å². The highest BCUT2D eigenvalue weighted by Gasteiger charge is 2.22. The molecule has 0 radical (unpaired) electrons. The summed E-state index contributed by atoms with van der Waals surface area (Å²) in [6, 6.07) is 3.01. The van der Waals surface area contributed by atoms with E-state index in [1.54, 1.807) is 13.2 Å². The summed E-state index contributed by atoms with van der Waals surface area (Å²) in [5.74, 6) is -0.479. The standard InChI is InChI=1S/C12H17N3O3/c1-18-8-4-6-15(7-5-8)11-9(13)2-3-10(14-11)12(16)17/h2-3,8H,4-7,13H2,1H3,(H,16,17). The van der Waals surface area contributed by atoms with Gasteiger partial charge in [0.1, 0.15) is 0 Å². The Bertz CT molecular complexity index is 442. The molecule has 1 saturated heterocycles. The smallest absolute Gasteiger partial charge is 0.354 e. The molecule has 0 unspecified atom stereocenters. The van der Waals surface area contributed by atoms with E-state index in [2.05, 4.69) is 4.98 Å². The lowest BCUT2D eigenvalue weighted by Crippen LogP contribution is -2.37. The summed E-state index contributed by atoms with van der Waals surface area (Å²) in [4.78, 5) is 17.0. The van der Waals surface area contributed by atoms with Crippen LogP contribution in [0.5, 0.6) is 0 Å². The molecule has 0 saturated carbocycles. The van der Waals surface area contributed by atoms with Crippen LogP contribution >= 0.6 is 0 Å². The predicted molar refractivity (Wildman–Crippen MR) is 67.9 cm³/mol. The summed E-state index contributed by atoms with van der Waals surface area (Å²) in [5.41, 5.74) is 6.39. The summed E-state index contributed by atoms with van der Waals surface area (Å²) in [6.07, 6.45) is 2.06. The molecule has 98 valence electrons. The van der Waals surface area contributed by atoms with Crippen LogP contribution in [0.1, 0.15) is 23.3 Å². The van der Waals surface area contributed by atoms with Gasteiger partial charge in [-0.05, 0) is 25.0 Å². The Morgan fingerprint density at radius 3 is 2.72 bits per heavy atom. The second kappa shape index (κ2) is 5.22. The zero-order chi connectivity index (χ0) is 13.1. The summed E-state index contributed by atoms with van der Waals surface area (Å²) < 4.78 is 5.30. The van der Waals surface area contributed by atoms with Crippen molar-refractivity contribution in [1.82, 2.24) is 4.98 Å². The molecule has 0 atom stereocenters. The Morgan fingerprint density at radius 2 is 2.17 bits per heavy atom. The molecule has 0 bridgehead atoms. The second-order valence-electron chi connectivity index (χ2n) is 4.34. The SMILES string of the molecule is COC1CCN(c2nc(C(=O)O)ccc2N)CC1. The molecule has 0 spiro atoms. The molecule has 1 aliphatic rings. The number of carboxylic acids is 1. The number of carboxylic acid groups (broad SMARTS) is 1. The number of rotatable bonds is 3. The van der Waals surface area contributed by atoms with Crippen molar-refractivity contribution in [3.8, 4) is 0 Å². The van der Waals surface area contributed by atoms with Crippen LogP contribution in [-0.4, -0.2) is 42.4 Å².